The summed E-state index contributed by atoms with van der Waals surface area (Å²) in [6.45, 7) is 0. The van der Waals surface area contributed by atoms with Gasteiger partial charge in [-0.05, 0) is 36.4 Å². The Hall–Kier alpha value is -1.59. The second-order valence-electron chi connectivity index (χ2n) is 3.76. The van der Waals surface area contributed by atoms with Crippen LogP contribution in [0.3, 0.4) is 0 Å². The zero-order valence-electron chi connectivity index (χ0n) is 9.01. The largest absolute Gasteiger partial charge is 0.477 e. The minimum atomic E-state index is -0.912. The average Bonchev–Trinajstić information content (AvgIpc) is 2.93. The van der Waals surface area contributed by atoms with E-state index in [0.29, 0.717) is 10.6 Å². The van der Waals surface area contributed by atoms with Gasteiger partial charge in [-0.15, -0.1) is 11.3 Å². The Bertz CT molecular complexity index is 742. The topological polar surface area (TPSA) is 50.4 Å². The summed E-state index contributed by atoms with van der Waals surface area (Å²) < 4.78 is 6.68. The van der Waals surface area contributed by atoms with Crippen LogP contribution >= 0.6 is 27.3 Å². The van der Waals surface area contributed by atoms with Gasteiger partial charge in [0, 0.05) is 9.86 Å². The predicted molar refractivity (Wildman–Crippen MR) is 74.2 cm³/mol. The number of carboxylic acid groups (broad SMARTS) is 1. The normalized spacial score (nSPS) is 10.9. The zero-order chi connectivity index (χ0) is 12.7. The molecule has 2 aromatic heterocycles. The van der Waals surface area contributed by atoms with Gasteiger partial charge in [0.1, 0.15) is 16.2 Å². The Morgan fingerprint density at radius 3 is 2.78 bits per heavy atom. The molecule has 0 radical (unpaired) electrons. The van der Waals surface area contributed by atoms with Gasteiger partial charge >= 0.3 is 5.97 Å². The summed E-state index contributed by atoms with van der Waals surface area (Å²) in [6, 6.07) is 11.0. The molecule has 1 aromatic carbocycles. The highest BCUT2D eigenvalue weighted by atomic mass is 79.9. The van der Waals surface area contributed by atoms with E-state index in [9.17, 15) is 4.79 Å². The fourth-order valence-electron chi connectivity index (χ4n) is 1.72. The van der Waals surface area contributed by atoms with Gasteiger partial charge in [-0.2, -0.15) is 0 Å². The van der Waals surface area contributed by atoms with E-state index < -0.39 is 5.97 Å². The molecule has 0 aliphatic carbocycles. The van der Waals surface area contributed by atoms with Gasteiger partial charge in [0.2, 0.25) is 0 Å². The second kappa shape index (κ2) is 4.26. The summed E-state index contributed by atoms with van der Waals surface area (Å²) in [4.78, 5) is 12.0. The van der Waals surface area contributed by atoms with Crippen LogP contribution in [0.2, 0.25) is 0 Å². The van der Waals surface area contributed by atoms with Gasteiger partial charge in [-0.3, -0.25) is 0 Å². The first kappa shape index (κ1) is 11.5. The number of benzene rings is 1. The maximum absolute atomic E-state index is 10.8. The highest BCUT2D eigenvalue weighted by Crippen LogP contribution is 2.33. The van der Waals surface area contributed by atoms with E-state index >= 15 is 0 Å². The van der Waals surface area contributed by atoms with Crippen LogP contribution in [0.25, 0.3) is 21.6 Å². The van der Waals surface area contributed by atoms with Crippen LogP contribution in [0, 0.1) is 0 Å². The first-order chi connectivity index (χ1) is 8.63. The predicted octanol–water partition coefficient (Wildman–Crippen LogP) is 4.62. The molecule has 0 aliphatic heterocycles. The molecule has 1 N–H and O–H groups in total. The highest BCUT2D eigenvalue weighted by molar-refractivity contribution is 9.10. The van der Waals surface area contributed by atoms with Crippen LogP contribution in [0.15, 0.2) is 45.3 Å². The highest BCUT2D eigenvalue weighted by Gasteiger charge is 2.12. The third kappa shape index (κ3) is 1.95. The fraction of sp³-hybridized carbons (Fsp3) is 0. The monoisotopic (exact) mass is 322 g/mol. The quantitative estimate of drug-likeness (QED) is 0.748. The van der Waals surface area contributed by atoms with Crippen molar-refractivity contribution < 1.29 is 14.3 Å². The molecule has 0 atom stereocenters. The number of hydrogen-bond donors (Lipinski definition) is 1. The molecule has 0 saturated carbocycles. The van der Waals surface area contributed by atoms with Gasteiger partial charge in [0.05, 0.1) is 4.88 Å². The Balaban J connectivity index is 2.10. The summed E-state index contributed by atoms with van der Waals surface area (Å²) in [5.41, 5.74) is 0.790. The zero-order valence-corrected chi connectivity index (χ0v) is 11.4. The molecule has 3 rings (SSSR count). The van der Waals surface area contributed by atoms with Crippen molar-refractivity contribution in [3.05, 3.63) is 45.7 Å². The van der Waals surface area contributed by atoms with Gasteiger partial charge in [0.25, 0.3) is 0 Å². The van der Waals surface area contributed by atoms with Crippen molar-refractivity contribution in [2.45, 2.75) is 0 Å². The molecule has 0 aliphatic rings. The molecular formula is C13H7BrO3S. The first-order valence-corrected chi connectivity index (χ1v) is 6.77. The Kier molecular flexibility index (Phi) is 2.72. The summed E-state index contributed by atoms with van der Waals surface area (Å²) in [6.07, 6.45) is 0. The second-order valence-corrected chi connectivity index (χ2v) is 5.76. The van der Waals surface area contributed by atoms with Gasteiger partial charge in [-0.25, -0.2) is 4.79 Å². The number of carbonyl (C=O) groups is 1. The molecule has 3 nitrogen and oxygen atoms in total. The summed E-state index contributed by atoms with van der Waals surface area (Å²) >= 11 is 4.61. The lowest BCUT2D eigenvalue weighted by Crippen LogP contribution is -1.89. The lowest BCUT2D eigenvalue weighted by molar-refractivity contribution is 0.0702. The number of rotatable bonds is 2. The molecular weight excluding hydrogens is 316 g/mol. The van der Waals surface area contributed by atoms with Crippen molar-refractivity contribution in [2.24, 2.45) is 0 Å². The standard InChI is InChI=1S/C13H7BrO3S/c14-8-1-2-9-7(5-8)6-10(17-9)11-3-4-12(18-11)13(15)16/h1-6H,(H,15,16). The number of furan rings is 1. The van der Waals surface area contributed by atoms with Crippen molar-refractivity contribution in [3.63, 3.8) is 0 Å². The van der Waals surface area contributed by atoms with Crippen LogP contribution < -0.4 is 0 Å². The molecule has 0 amide bonds. The van der Waals surface area contributed by atoms with Crippen molar-refractivity contribution in [2.75, 3.05) is 0 Å². The van der Waals surface area contributed by atoms with Crippen LogP contribution in [0.1, 0.15) is 9.67 Å². The maximum atomic E-state index is 10.8. The minimum Gasteiger partial charge on any atom is -0.477 e. The van der Waals surface area contributed by atoms with Crippen LogP contribution in [0.4, 0.5) is 0 Å². The third-order valence-electron chi connectivity index (χ3n) is 2.54. The van der Waals surface area contributed by atoms with Crippen LogP contribution in [-0.4, -0.2) is 11.1 Å². The molecule has 2 heterocycles. The average molecular weight is 323 g/mol. The molecule has 5 heteroatoms. The van der Waals surface area contributed by atoms with Crippen molar-refractivity contribution in [3.8, 4) is 10.6 Å². The molecule has 18 heavy (non-hydrogen) atoms. The van der Waals surface area contributed by atoms with E-state index in [-0.39, 0.29) is 0 Å². The maximum Gasteiger partial charge on any atom is 0.345 e. The molecule has 0 unspecified atom stereocenters. The van der Waals surface area contributed by atoms with E-state index in [1.165, 1.54) is 11.3 Å². The number of thiophene rings is 1. The first-order valence-electron chi connectivity index (χ1n) is 5.16. The Labute approximate surface area is 115 Å². The molecule has 3 aromatic rings. The van der Waals surface area contributed by atoms with E-state index in [1.54, 1.807) is 12.1 Å². The smallest absolute Gasteiger partial charge is 0.345 e. The Morgan fingerprint density at radius 2 is 2.06 bits per heavy atom. The lowest BCUT2D eigenvalue weighted by Gasteiger charge is -1.89. The molecule has 0 fully saturated rings. The fourth-order valence-corrected chi connectivity index (χ4v) is 2.90. The SMILES string of the molecule is O=C(O)c1ccc(-c2cc3cc(Br)ccc3o2)s1. The third-order valence-corrected chi connectivity index (χ3v) is 4.12. The van der Waals surface area contributed by atoms with E-state index in [2.05, 4.69) is 15.9 Å². The molecule has 90 valence electrons. The molecule has 0 bridgehead atoms. The number of aromatic carboxylic acids is 1. The van der Waals surface area contributed by atoms with Gasteiger partial charge in [-0.1, -0.05) is 15.9 Å². The number of hydrogen-bond acceptors (Lipinski definition) is 3. The van der Waals surface area contributed by atoms with Crippen LogP contribution in [-0.2, 0) is 0 Å². The Morgan fingerprint density at radius 1 is 1.22 bits per heavy atom. The van der Waals surface area contributed by atoms with Gasteiger partial charge in [0.15, 0.2) is 0 Å². The van der Waals surface area contributed by atoms with E-state index in [4.69, 9.17) is 9.52 Å². The summed E-state index contributed by atoms with van der Waals surface area (Å²) in [5, 5.41) is 9.89. The number of halogens is 1. The number of carboxylic acids is 1. The van der Waals surface area contributed by atoms with Crippen molar-refractivity contribution in [1.82, 2.24) is 0 Å². The number of fused-ring (bicyclic) bond motifs is 1. The molecule has 0 saturated heterocycles. The van der Waals surface area contributed by atoms with Crippen molar-refractivity contribution >= 4 is 44.2 Å². The summed E-state index contributed by atoms with van der Waals surface area (Å²) in [5.74, 6) is -0.217. The van der Waals surface area contributed by atoms with Crippen LogP contribution in [0.5, 0.6) is 0 Å². The van der Waals surface area contributed by atoms with E-state index in [1.807, 2.05) is 24.3 Å². The van der Waals surface area contributed by atoms with E-state index in [0.717, 1.165) is 20.3 Å². The summed E-state index contributed by atoms with van der Waals surface area (Å²) in [7, 11) is 0. The lowest BCUT2D eigenvalue weighted by atomic mass is 10.2. The molecule has 0 spiro atoms. The van der Waals surface area contributed by atoms with Gasteiger partial charge < -0.3 is 9.52 Å². The minimum absolute atomic E-state index is 0.312. The van der Waals surface area contributed by atoms with Crippen molar-refractivity contribution in [1.29, 1.82) is 0 Å².